The molecule has 1 aromatic rings. The minimum atomic E-state index is 0.114. The van der Waals surface area contributed by atoms with Gasteiger partial charge in [-0.2, -0.15) is 0 Å². The van der Waals surface area contributed by atoms with Crippen molar-refractivity contribution in [1.29, 1.82) is 0 Å². The number of benzene rings is 1. The van der Waals surface area contributed by atoms with Crippen molar-refractivity contribution < 1.29 is 9.59 Å². The normalized spacial score (nSPS) is 17.6. The van der Waals surface area contributed by atoms with E-state index < -0.39 is 0 Å². The van der Waals surface area contributed by atoms with Crippen molar-refractivity contribution >= 4 is 11.8 Å². The van der Waals surface area contributed by atoms with Crippen LogP contribution in [0.3, 0.4) is 0 Å². The van der Waals surface area contributed by atoms with E-state index in [4.69, 9.17) is 0 Å². The zero-order valence-electron chi connectivity index (χ0n) is 15.6. The molecule has 0 radical (unpaired) electrons. The van der Waals surface area contributed by atoms with Gasteiger partial charge in [-0.3, -0.25) is 9.59 Å². The molecule has 1 aromatic carbocycles. The minimum absolute atomic E-state index is 0.114. The summed E-state index contributed by atoms with van der Waals surface area (Å²) in [5.74, 6) is 0.896. The SMILES string of the molecule is CC(C)CCC(=O)N1CCN(C(=O)c2ccc3c(c2)CCCC3)CC1. The third-order valence-electron chi connectivity index (χ3n) is 5.45. The molecule has 4 heteroatoms. The first-order chi connectivity index (χ1) is 12.0. The fourth-order valence-electron chi connectivity index (χ4n) is 3.78. The molecule has 0 unspecified atom stereocenters. The fourth-order valence-corrected chi connectivity index (χ4v) is 3.78. The van der Waals surface area contributed by atoms with E-state index in [9.17, 15) is 9.59 Å². The van der Waals surface area contributed by atoms with E-state index in [0.717, 1.165) is 24.8 Å². The average molecular weight is 342 g/mol. The van der Waals surface area contributed by atoms with Crippen molar-refractivity contribution in [2.45, 2.75) is 52.4 Å². The monoisotopic (exact) mass is 342 g/mol. The molecule has 0 atom stereocenters. The number of carbonyl (C=O) groups excluding carboxylic acids is 2. The van der Waals surface area contributed by atoms with Gasteiger partial charge in [0, 0.05) is 38.2 Å². The Morgan fingerprint density at radius 2 is 1.60 bits per heavy atom. The van der Waals surface area contributed by atoms with E-state index in [1.807, 2.05) is 15.9 Å². The van der Waals surface area contributed by atoms with Gasteiger partial charge in [0.25, 0.3) is 5.91 Å². The zero-order chi connectivity index (χ0) is 17.8. The summed E-state index contributed by atoms with van der Waals surface area (Å²) in [5, 5.41) is 0. The summed E-state index contributed by atoms with van der Waals surface area (Å²) in [5.41, 5.74) is 3.56. The second-order valence-corrected chi connectivity index (χ2v) is 7.80. The van der Waals surface area contributed by atoms with Crippen LogP contribution in [0.25, 0.3) is 0 Å². The molecule has 1 aliphatic carbocycles. The molecule has 2 aliphatic rings. The van der Waals surface area contributed by atoms with E-state index in [1.165, 1.54) is 24.0 Å². The molecule has 0 bridgehead atoms. The highest BCUT2D eigenvalue weighted by Crippen LogP contribution is 2.23. The van der Waals surface area contributed by atoms with Crippen LogP contribution in [-0.2, 0) is 17.6 Å². The molecule has 4 nitrogen and oxygen atoms in total. The van der Waals surface area contributed by atoms with Crippen LogP contribution in [0.2, 0.25) is 0 Å². The van der Waals surface area contributed by atoms with Gasteiger partial charge >= 0.3 is 0 Å². The van der Waals surface area contributed by atoms with Crippen LogP contribution in [0.4, 0.5) is 0 Å². The standard InChI is InChI=1S/C21H30N2O2/c1-16(2)7-10-20(24)22-11-13-23(14-12-22)21(25)19-9-8-17-5-3-4-6-18(17)15-19/h8-9,15-16H,3-7,10-14H2,1-2H3. The molecule has 136 valence electrons. The molecule has 25 heavy (non-hydrogen) atoms. The number of aryl methyl sites for hydroxylation is 2. The lowest BCUT2D eigenvalue weighted by Crippen LogP contribution is -2.50. The summed E-state index contributed by atoms with van der Waals surface area (Å²) in [6, 6.07) is 6.21. The van der Waals surface area contributed by atoms with Crippen LogP contribution in [0, 0.1) is 5.92 Å². The van der Waals surface area contributed by atoms with Gasteiger partial charge in [0.1, 0.15) is 0 Å². The van der Waals surface area contributed by atoms with Crippen molar-refractivity contribution in [3.63, 3.8) is 0 Å². The number of carbonyl (C=O) groups is 2. The number of hydrogen-bond acceptors (Lipinski definition) is 2. The lowest BCUT2D eigenvalue weighted by atomic mass is 9.90. The highest BCUT2D eigenvalue weighted by atomic mass is 16.2. The molecule has 0 saturated carbocycles. The lowest BCUT2D eigenvalue weighted by molar-refractivity contribution is -0.132. The Bertz CT molecular complexity index is 631. The predicted octanol–water partition coefficient (Wildman–Crippen LogP) is 3.29. The summed E-state index contributed by atoms with van der Waals surface area (Å²) in [7, 11) is 0. The van der Waals surface area contributed by atoms with E-state index in [1.54, 1.807) is 0 Å². The molecule has 1 aliphatic heterocycles. The van der Waals surface area contributed by atoms with Gasteiger partial charge in [0.2, 0.25) is 5.91 Å². The van der Waals surface area contributed by atoms with Gasteiger partial charge in [-0.25, -0.2) is 0 Å². The molecular weight excluding hydrogens is 312 g/mol. The van der Waals surface area contributed by atoms with Gasteiger partial charge in [-0.1, -0.05) is 19.9 Å². The lowest BCUT2D eigenvalue weighted by Gasteiger charge is -2.35. The Balaban J connectivity index is 1.56. The second-order valence-electron chi connectivity index (χ2n) is 7.80. The zero-order valence-corrected chi connectivity index (χ0v) is 15.6. The molecule has 1 heterocycles. The Hall–Kier alpha value is -1.84. The number of piperazine rings is 1. The molecule has 1 saturated heterocycles. The summed E-state index contributed by atoms with van der Waals surface area (Å²) in [6.07, 6.45) is 6.27. The summed E-state index contributed by atoms with van der Waals surface area (Å²) < 4.78 is 0. The number of hydrogen-bond donors (Lipinski definition) is 0. The van der Waals surface area contributed by atoms with Crippen LogP contribution < -0.4 is 0 Å². The Morgan fingerprint density at radius 1 is 0.960 bits per heavy atom. The number of fused-ring (bicyclic) bond motifs is 1. The Morgan fingerprint density at radius 3 is 2.28 bits per heavy atom. The Labute approximate surface area is 151 Å². The third-order valence-corrected chi connectivity index (χ3v) is 5.45. The first-order valence-electron chi connectivity index (χ1n) is 9.73. The van der Waals surface area contributed by atoms with Gasteiger partial charge in [0.15, 0.2) is 0 Å². The van der Waals surface area contributed by atoms with Crippen molar-refractivity contribution in [1.82, 2.24) is 9.80 Å². The minimum Gasteiger partial charge on any atom is -0.339 e. The second kappa shape index (κ2) is 8.03. The highest BCUT2D eigenvalue weighted by Gasteiger charge is 2.25. The molecule has 3 rings (SSSR count). The largest absolute Gasteiger partial charge is 0.339 e. The number of nitrogens with zero attached hydrogens (tertiary/aromatic N) is 2. The van der Waals surface area contributed by atoms with Gasteiger partial charge in [-0.15, -0.1) is 0 Å². The quantitative estimate of drug-likeness (QED) is 0.842. The summed E-state index contributed by atoms with van der Waals surface area (Å²) >= 11 is 0. The number of rotatable bonds is 4. The fraction of sp³-hybridized carbons (Fsp3) is 0.619. The molecule has 0 spiro atoms. The van der Waals surface area contributed by atoms with Crippen molar-refractivity contribution in [2.75, 3.05) is 26.2 Å². The molecular formula is C21H30N2O2. The Kier molecular flexibility index (Phi) is 5.77. The maximum atomic E-state index is 12.8. The third kappa shape index (κ3) is 4.42. The van der Waals surface area contributed by atoms with Crippen molar-refractivity contribution in [2.24, 2.45) is 5.92 Å². The molecule has 1 fully saturated rings. The molecule has 2 amide bonds. The molecule has 0 N–H and O–H groups in total. The van der Waals surface area contributed by atoms with Crippen LogP contribution in [0.15, 0.2) is 18.2 Å². The predicted molar refractivity (Wildman–Crippen MR) is 99.6 cm³/mol. The van der Waals surface area contributed by atoms with Crippen LogP contribution in [0.5, 0.6) is 0 Å². The summed E-state index contributed by atoms with van der Waals surface area (Å²) in [4.78, 5) is 28.8. The van der Waals surface area contributed by atoms with E-state index >= 15 is 0 Å². The smallest absolute Gasteiger partial charge is 0.253 e. The average Bonchev–Trinajstić information content (AvgIpc) is 2.65. The first-order valence-corrected chi connectivity index (χ1v) is 9.73. The highest BCUT2D eigenvalue weighted by molar-refractivity contribution is 5.94. The maximum Gasteiger partial charge on any atom is 0.253 e. The number of amides is 2. The van der Waals surface area contributed by atoms with E-state index in [0.29, 0.717) is 38.5 Å². The van der Waals surface area contributed by atoms with Crippen LogP contribution in [-0.4, -0.2) is 47.8 Å². The van der Waals surface area contributed by atoms with Gasteiger partial charge < -0.3 is 9.80 Å². The summed E-state index contributed by atoms with van der Waals surface area (Å²) in [6.45, 7) is 6.89. The van der Waals surface area contributed by atoms with Crippen molar-refractivity contribution in [3.8, 4) is 0 Å². The first kappa shape index (κ1) is 18.0. The topological polar surface area (TPSA) is 40.6 Å². The van der Waals surface area contributed by atoms with E-state index in [-0.39, 0.29) is 11.8 Å². The van der Waals surface area contributed by atoms with Crippen LogP contribution >= 0.6 is 0 Å². The van der Waals surface area contributed by atoms with Gasteiger partial charge in [-0.05, 0) is 61.3 Å². The van der Waals surface area contributed by atoms with Crippen LogP contribution in [0.1, 0.15) is 61.0 Å². The maximum absolute atomic E-state index is 12.8. The molecule has 0 aromatic heterocycles. The van der Waals surface area contributed by atoms with Crippen molar-refractivity contribution in [3.05, 3.63) is 34.9 Å². The van der Waals surface area contributed by atoms with Gasteiger partial charge in [0.05, 0.1) is 0 Å². The van der Waals surface area contributed by atoms with E-state index in [2.05, 4.69) is 26.0 Å².